The first-order valence-electron chi connectivity index (χ1n) is 6.36. The molecule has 0 aliphatic carbocycles. The summed E-state index contributed by atoms with van der Waals surface area (Å²) < 4.78 is 1.02. The van der Waals surface area contributed by atoms with E-state index < -0.39 is 0 Å². The fraction of sp³-hybridized carbons (Fsp3) is 0.571. The van der Waals surface area contributed by atoms with Crippen molar-refractivity contribution in [1.82, 2.24) is 4.90 Å². The highest BCUT2D eigenvalue weighted by Crippen LogP contribution is 2.24. The first-order chi connectivity index (χ1) is 8.62. The van der Waals surface area contributed by atoms with Crippen LogP contribution in [0.4, 0.5) is 0 Å². The predicted octanol–water partition coefficient (Wildman–Crippen LogP) is 5.33. The van der Waals surface area contributed by atoms with Gasteiger partial charge in [-0.2, -0.15) is 0 Å². The monoisotopic (exact) mass is 351 g/mol. The minimum atomic E-state index is 0.573. The van der Waals surface area contributed by atoms with Crippen molar-refractivity contribution >= 4 is 39.1 Å². The van der Waals surface area contributed by atoms with Gasteiger partial charge in [-0.1, -0.05) is 47.4 Å². The van der Waals surface area contributed by atoms with Crippen molar-refractivity contribution in [2.24, 2.45) is 0 Å². The van der Waals surface area contributed by atoms with Gasteiger partial charge in [-0.05, 0) is 30.5 Å². The largest absolute Gasteiger partial charge is 0.295 e. The highest BCUT2D eigenvalue weighted by atomic mass is 79.9. The third-order valence-corrected chi connectivity index (χ3v) is 4.23. The van der Waals surface area contributed by atoms with Crippen molar-refractivity contribution in [3.05, 3.63) is 33.3 Å². The highest BCUT2D eigenvalue weighted by molar-refractivity contribution is 9.10. The van der Waals surface area contributed by atoms with E-state index >= 15 is 0 Å². The Morgan fingerprint density at radius 3 is 2.44 bits per heavy atom. The fourth-order valence-electron chi connectivity index (χ4n) is 2.17. The number of benzene rings is 1. The lowest BCUT2D eigenvalue weighted by molar-refractivity contribution is 0.188. The molecular formula is C14H20BrCl2N. The molecule has 0 N–H and O–H groups in total. The molecule has 0 atom stereocenters. The second-order valence-electron chi connectivity index (χ2n) is 4.37. The van der Waals surface area contributed by atoms with E-state index in [2.05, 4.69) is 40.7 Å². The van der Waals surface area contributed by atoms with Gasteiger partial charge >= 0.3 is 0 Å². The molecule has 18 heavy (non-hydrogen) atoms. The van der Waals surface area contributed by atoms with Crippen LogP contribution in [-0.2, 0) is 6.54 Å². The molecule has 0 heterocycles. The molecule has 0 fully saturated rings. The number of rotatable bonds is 7. The van der Waals surface area contributed by atoms with Gasteiger partial charge < -0.3 is 0 Å². The van der Waals surface area contributed by atoms with Crippen LogP contribution in [0.15, 0.2) is 22.7 Å². The van der Waals surface area contributed by atoms with Gasteiger partial charge in [0, 0.05) is 34.5 Å². The van der Waals surface area contributed by atoms with E-state index in [9.17, 15) is 0 Å². The van der Waals surface area contributed by atoms with E-state index in [1.807, 2.05) is 12.1 Å². The highest BCUT2D eigenvalue weighted by Gasteiger charge is 2.16. The molecular weight excluding hydrogens is 333 g/mol. The minimum absolute atomic E-state index is 0.573. The van der Waals surface area contributed by atoms with Gasteiger partial charge in [0.2, 0.25) is 0 Å². The maximum Gasteiger partial charge on any atom is 0.0462 e. The summed E-state index contributed by atoms with van der Waals surface area (Å²) in [5, 5.41) is 0.815. The lowest BCUT2D eigenvalue weighted by Gasteiger charge is -2.30. The molecule has 0 amide bonds. The summed E-state index contributed by atoms with van der Waals surface area (Å²) in [5.41, 5.74) is 1.16. The molecule has 1 aromatic carbocycles. The number of hydrogen-bond acceptors (Lipinski definition) is 1. The number of halogens is 3. The summed E-state index contributed by atoms with van der Waals surface area (Å²) >= 11 is 15.6. The number of hydrogen-bond donors (Lipinski definition) is 0. The molecule has 0 spiro atoms. The Labute approximate surface area is 129 Å². The van der Waals surface area contributed by atoms with E-state index in [1.165, 1.54) is 0 Å². The second kappa shape index (κ2) is 8.42. The van der Waals surface area contributed by atoms with Gasteiger partial charge in [-0.25, -0.2) is 0 Å². The average Bonchev–Trinajstić information content (AvgIpc) is 2.34. The van der Waals surface area contributed by atoms with Crippen molar-refractivity contribution in [3.63, 3.8) is 0 Å². The van der Waals surface area contributed by atoms with E-state index in [0.717, 1.165) is 41.0 Å². The topological polar surface area (TPSA) is 3.24 Å². The zero-order valence-corrected chi connectivity index (χ0v) is 14.0. The predicted molar refractivity (Wildman–Crippen MR) is 84.7 cm³/mol. The van der Waals surface area contributed by atoms with Crippen LogP contribution in [0.5, 0.6) is 0 Å². The summed E-state index contributed by atoms with van der Waals surface area (Å²) in [6.07, 6.45) is 2.28. The number of alkyl halides is 1. The van der Waals surface area contributed by atoms with Crippen LogP contribution in [-0.4, -0.2) is 23.4 Å². The minimum Gasteiger partial charge on any atom is -0.295 e. The Balaban J connectivity index is 2.82. The molecule has 0 bridgehead atoms. The van der Waals surface area contributed by atoms with Gasteiger partial charge in [0.05, 0.1) is 0 Å². The maximum atomic E-state index is 6.28. The molecule has 0 aliphatic rings. The molecule has 0 saturated heterocycles. The van der Waals surface area contributed by atoms with E-state index in [-0.39, 0.29) is 0 Å². The quantitative estimate of drug-likeness (QED) is 0.599. The van der Waals surface area contributed by atoms with E-state index in [4.69, 9.17) is 23.2 Å². The Morgan fingerprint density at radius 2 is 1.94 bits per heavy atom. The molecule has 102 valence electrons. The van der Waals surface area contributed by atoms with Crippen LogP contribution in [0.1, 0.15) is 32.3 Å². The van der Waals surface area contributed by atoms with Crippen LogP contribution < -0.4 is 0 Å². The average molecular weight is 353 g/mol. The van der Waals surface area contributed by atoms with Crippen molar-refractivity contribution in [1.29, 1.82) is 0 Å². The summed E-state index contributed by atoms with van der Waals surface area (Å²) in [7, 11) is 0. The van der Waals surface area contributed by atoms with E-state index in [1.54, 1.807) is 0 Å². The van der Waals surface area contributed by atoms with Crippen LogP contribution in [0.3, 0.4) is 0 Å². The van der Waals surface area contributed by atoms with Crippen LogP contribution >= 0.6 is 39.1 Å². The molecule has 1 rings (SSSR count). The van der Waals surface area contributed by atoms with Crippen LogP contribution in [0.25, 0.3) is 0 Å². The smallest absolute Gasteiger partial charge is 0.0462 e. The first kappa shape index (κ1) is 16.3. The van der Waals surface area contributed by atoms with Gasteiger partial charge in [-0.15, -0.1) is 11.6 Å². The Morgan fingerprint density at radius 1 is 1.28 bits per heavy atom. The SMILES string of the molecule is CCC(CC)N(CCCl)Cc1ccc(Br)cc1Cl. The first-order valence-corrected chi connectivity index (χ1v) is 8.06. The normalized spacial score (nSPS) is 11.5. The summed E-state index contributed by atoms with van der Waals surface area (Å²) in [4.78, 5) is 2.42. The second-order valence-corrected chi connectivity index (χ2v) is 6.07. The van der Waals surface area contributed by atoms with Gasteiger partial charge in [0.15, 0.2) is 0 Å². The van der Waals surface area contributed by atoms with Gasteiger partial charge in [-0.3, -0.25) is 4.90 Å². The fourth-order valence-corrected chi connectivity index (χ4v) is 3.12. The zero-order chi connectivity index (χ0) is 13.5. The van der Waals surface area contributed by atoms with Crippen molar-refractivity contribution in [2.45, 2.75) is 39.3 Å². The van der Waals surface area contributed by atoms with Crippen LogP contribution in [0.2, 0.25) is 5.02 Å². The summed E-state index contributed by atoms with van der Waals surface area (Å²) in [5.74, 6) is 0.657. The third kappa shape index (κ3) is 4.73. The lowest BCUT2D eigenvalue weighted by atomic mass is 10.1. The molecule has 0 radical (unpaired) electrons. The van der Waals surface area contributed by atoms with E-state index in [0.29, 0.717) is 11.9 Å². The molecule has 1 aromatic rings. The molecule has 0 aromatic heterocycles. The zero-order valence-electron chi connectivity index (χ0n) is 10.9. The Kier molecular flexibility index (Phi) is 7.62. The van der Waals surface area contributed by atoms with Gasteiger partial charge in [0.1, 0.15) is 0 Å². The Hall–Kier alpha value is 0.240. The molecule has 1 nitrogen and oxygen atoms in total. The molecule has 0 saturated carbocycles. The standard InChI is InChI=1S/C14H20BrCl2N/c1-3-13(4-2)18(8-7-16)10-11-5-6-12(15)9-14(11)17/h5-6,9,13H,3-4,7-8,10H2,1-2H3. The molecule has 0 unspecified atom stereocenters. The Bertz CT molecular complexity index is 367. The maximum absolute atomic E-state index is 6.28. The van der Waals surface area contributed by atoms with Gasteiger partial charge in [0.25, 0.3) is 0 Å². The lowest BCUT2D eigenvalue weighted by Crippen LogP contribution is -2.35. The molecule has 4 heteroatoms. The summed E-state index contributed by atoms with van der Waals surface area (Å²) in [6, 6.07) is 6.63. The summed E-state index contributed by atoms with van der Waals surface area (Å²) in [6.45, 7) is 6.21. The third-order valence-electron chi connectivity index (χ3n) is 3.22. The number of nitrogens with zero attached hydrogens (tertiary/aromatic N) is 1. The molecule has 0 aliphatic heterocycles. The van der Waals surface area contributed by atoms with Crippen molar-refractivity contribution in [3.8, 4) is 0 Å². The van der Waals surface area contributed by atoms with Crippen molar-refractivity contribution < 1.29 is 0 Å². The van der Waals surface area contributed by atoms with Crippen LogP contribution in [0, 0.1) is 0 Å². The van der Waals surface area contributed by atoms with Crippen molar-refractivity contribution in [2.75, 3.05) is 12.4 Å².